The Balaban J connectivity index is 3.35. The van der Waals surface area contributed by atoms with Crippen LogP contribution in [0.15, 0.2) is 0 Å². The summed E-state index contributed by atoms with van der Waals surface area (Å²) in [7, 11) is 0. The molecule has 5 nitrogen and oxygen atoms in total. The van der Waals surface area contributed by atoms with Crippen LogP contribution in [-0.4, -0.2) is 29.3 Å². The Bertz CT molecular complexity index is 137. The summed E-state index contributed by atoms with van der Waals surface area (Å²) in [4.78, 5) is 0. The van der Waals surface area contributed by atoms with Gasteiger partial charge in [0.2, 0.25) is 0 Å². The number of aliphatic hydroxyl groups is 1. The van der Waals surface area contributed by atoms with E-state index in [0.717, 1.165) is 0 Å². The average Bonchev–Trinajstić information content (AvgIpc) is 1.82. The van der Waals surface area contributed by atoms with Crippen molar-refractivity contribution in [2.75, 3.05) is 13.2 Å². The van der Waals surface area contributed by atoms with Crippen molar-refractivity contribution in [1.29, 1.82) is 5.41 Å². The number of nitrogens with one attached hydrogen (secondary N) is 3. The van der Waals surface area contributed by atoms with Gasteiger partial charge < -0.3 is 21.5 Å². The van der Waals surface area contributed by atoms with E-state index in [1.54, 1.807) is 0 Å². The van der Waals surface area contributed by atoms with Gasteiger partial charge in [0.05, 0.1) is 6.61 Å². The second-order valence-corrected chi connectivity index (χ2v) is 1.95. The summed E-state index contributed by atoms with van der Waals surface area (Å²) >= 11 is 4.45. The van der Waals surface area contributed by atoms with Gasteiger partial charge in [0, 0.05) is 6.54 Å². The molecule has 0 unspecified atom stereocenters. The lowest BCUT2D eigenvalue weighted by atomic mass is 10.7. The minimum atomic E-state index is -0.0264. The van der Waals surface area contributed by atoms with Gasteiger partial charge in [-0.25, -0.2) is 0 Å². The maximum Gasteiger partial charge on any atom is 0.194 e. The first-order valence-electron chi connectivity index (χ1n) is 2.66. The van der Waals surface area contributed by atoms with Crippen molar-refractivity contribution in [2.45, 2.75) is 0 Å². The van der Waals surface area contributed by atoms with Gasteiger partial charge in [0.1, 0.15) is 0 Å². The molecule has 10 heavy (non-hydrogen) atoms. The average molecular weight is 162 g/mol. The monoisotopic (exact) mass is 162 g/mol. The highest BCUT2D eigenvalue weighted by molar-refractivity contribution is 7.80. The van der Waals surface area contributed by atoms with E-state index in [1.807, 2.05) is 0 Å². The predicted octanol–water partition coefficient (Wildman–Crippen LogP) is -1.66. The van der Waals surface area contributed by atoms with E-state index < -0.39 is 0 Å². The van der Waals surface area contributed by atoms with Gasteiger partial charge in [0.25, 0.3) is 0 Å². The van der Waals surface area contributed by atoms with Crippen LogP contribution < -0.4 is 16.4 Å². The van der Waals surface area contributed by atoms with E-state index in [9.17, 15) is 0 Å². The van der Waals surface area contributed by atoms with Gasteiger partial charge in [-0.1, -0.05) is 0 Å². The van der Waals surface area contributed by atoms with Crippen LogP contribution in [0.2, 0.25) is 0 Å². The first-order valence-corrected chi connectivity index (χ1v) is 3.07. The number of guanidine groups is 1. The number of thiocarbonyl (C=S) groups is 1. The van der Waals surface area contributed by atoms with Crippen LogP contribution in [0.3, 0.4) is 0 Å². The molecule has 0 aliphatic heterocycles. The highest BCUT2D eigenvalue weighted by atomic mass is 32.1. The molecular weight excluding hydrogens is 152 g/mol. The number of hydrogen-bond acceptors (Lipinski definition) is 3. The van der Waals surface area contributed by atoms with Gasteiger partial charge >= 0.3 is 0 Å². The Labute approximate surface area is 64.1 Å². The highest BCUT2D eigenvalue weighted by Gasteiger charge is 1.92. The second-order valence-electron chi connectivity index (χ2n) is 1.51. The van der Waals surface area contributed by atoms with Crippen LogP contribution in [0.4, 0.5) is 0 Å². The first-order chi connectivity index (χ1) is 4.66. The summed E-state index contributed by atoms with van der Waals surface area (Å²) in [6.07, 6.45) is 0. The summed E-state index contributed by atoms with van der Waals surface area (Å²) in [5.41, 5.74) is 5.04. The standard InChI is InChI=1S/C4H10N4OS/c5-3(7-1-2-9)8-4(6)10/h9H,1-2H2,(H5,5,6,7,8,10). The Kier molecular flexibility index (Phi) is 4.51. The van der Waals surface area contributed by atoms with Gasteiger partial charge in [-0.3, -0.25) is 5.41 Å². The van der Waals surface area contributed by atoms with E-state index in [2.05, 4.69) is 22.9 Å². The molecule has 58 valence electrons. The van der Waals surface area contributed by atoms with Crippen molar-refractivity contribution < 1.29 is 5.11 Å². The minimum absolute atomic E-state index is 0.00144. The Morgan fingerprint density at radius 1 is 1.70 bits per heavy atom. The van der Waals surface area contributed by atoms with Crippen LogP contribution in [0, 0.1) is 5.41 Å². The topological polar surface area (TPSA) is 94.2 Å². The zero-order chi connectivity index (χ0) is 7.98. The zero-order valence-corrected chi connectivity index (χ0v) is 6.16. The fraction of sp³-hybridized carbons (Fsp3) is 0.500. The zero-order valence-electron chi connectivity index (χ0n) is 5.35. The third kappa shape index (κ3) is 5.26. The summed E-state index contributed by atoms with van der Waals surface area (Å²) in [6.45, 7) is 0.288. The molecule has 0 heterocycles. The minimum Gasteiger partial charge on any atom is -0.395 e. The number of hydrogen-bond donors (Lipinski definition) is 5. The first kappa shape index (κ1) is 9.12. The lowest BCUT2D eigenvalue weighted by Gasteiger charge is -2.05. The smallest absolute Gasteiger partial charge is 0.194 e. The van der Waals surface area contributed by atoms with Crippen LogP contribution in [0.25, 0.3) is 0 Å². The maximum atomic E-state index is 8.30. The van der Waals surface area contributed by atoms with E-state index in [4.69, 9.17) is 16.2 Å². The fourth-order valence-electron chi connectivity index (χ4n) is 0.348. The van der Waals surface area contributed by atoms with Gasteiger partial charge in [0.15, 0.2) is 11.1 Å². The molecule has 0 rings (SSSR count). The molecule has 0 aliphatic rings. The number of aliphatic hydroxyl groups excluding tert-OH is 1. The molecule has 0 saturated carbocycles. The van der Waals surface area contributed by atoms with Crippen LogP contribution in [0.1, 0.15) is 0 Å². The molecule has 0 amide bonds. The third-order valence-corrected chi connectivity index (χ3v) is 0.764. The van der Waals surface area contributed by atoms with E-state index in [0.29, 0.717) is 6.54 Å². The molecule has 0 aromatic rings. The van der Waals surface area contributed by atoms with Gasteiger partial charge in [-0.15, -0.1) is 0 Å². The van der Waals surface area contributed by atoms with Crippen LogP contribution in [0.5, 0.6) is 0 Å². The molecule has 0 fully saturated rings. The van der Waals surface area contributed by atoms with E-state index in [1.165, 1.54) is 0 Å². The molecular formula is C4H10N4OS. The summed E-state index contributed by atoms with van der Waals surface area (Å²) in [5, 5.41) is 20.2. The molecule has 0 spiro atoms. The lowest BCUT2D eigenvalue weighted by molar-refractivity contribution is 0.300. The van der Waals surface area contributed by atoms with Crippen molar-refractivity contribution in [3.05, 3.63) is 0 Å². The third-order valence-electron chi connectivity index (χ3n) is 0.662. The Morgan fingerprint density at radius 3 is 2.70 bits per heavy atom. The Morgan fingerprint density at radius 2 is 2.30 bits per heavy atom. The van der Waals surface area contributed by atoms with Crippen molar-refractivity contribution in [3.63, 3.8) is 0 Å². The summed E-state index contributed by atoms with van der Waals surface area (Å²) in [6, 6.07) is 0. The molecule has 0 atom stereocenters. The normalized spacial score (nSPS) is 8.50. The summed E-state index contributed by atoms with van der Waals surface area (Å²) < 4.78 is 0. The summed E-state index contributed by atoms with van der Waals surface area (Å²) in [5.74, 6) is 0.00144. The maximum absolute atomic E-state index is 8.30. The SMILES string of the molecule is N=C(NCCO)NC(N)=S. The van der Waals surface area contributed by atoms with Crippen LogP contribution in [-0.2, 0) is 0 Å². The molecule has 0 aromatic heterocycles. The number of nitrogens with two attached hydrogens (primary N) is 1. The van der Waals surface area contributed by atoms with Crippen molar-refractivity contribution in [3.8, 4) is 0 Å². The molecule has 0 radical (unpaired) electrons. The largest absolute Gasteiger partial charge is 0.395 e. The molecule has 6 heteroatoms. The molecule has 0 aromatic carbocycles. The second kappa shape index (κ2) is 4.95. The molecule has 0 saturated heterocycles. The molecule has 6 N–H and O–H groups in total. The fourth-order valence-corrected chi connectivity index (χ4v) is 0.450. The quantitative estimate of drug-likeness (QED) is 0.190. The van der Waals surface area contributed by atoms with Crippen molar-refractivity contribution in [2.24, 2.45) is 5.73 Å². The van der Waals surface area contributed by atoms with Crippen LogP contribution >= 0.6 is 12.2 Å². The number of rotatable bonds is 2. The van der Waals surface area contributed by atoms with Crippen molar-refractivity contribution in [1.82, 2.24) is 10.6 Å². The predicted molar refractivity (Wildman–Crippen MR) is 42.7 cm³/mol. The van der Waals surface area contributed by atoms with E-state index >= 15 is 0 Å². The van der Waals surface area contributed by atoms with Gasteiger partial charge in [-0.2, -0.15) is 0 Å². The lowest BCUT2D eigenvalue weighted by Crippen LogP contribution is -2.43. The molecule has 0 aliphatic carbocycles. The highest BCUT2D eigenvalue weighted by Crippen LogP contribution is 1.60. The molecule has 0 bridgehead atoms. The Hall–Kier alpha value is -0.880. The van der Waals surface area contributed by atoms with Gasteiger partial charge in [-0.05, 0) is 12.2 Å². The van der Waals surface area contributed by atoms with Crippen molar-refractivity contribution >= 4 is 23.3 Å². The van der Waals surface area contributed by atoms with E-state index in [-0.39, 0.29) is 17.7 Å².